The number of ether oxygens (including phenoxy) is 1. The Kier molecular flexibility index (Phi) is 14.4. The lowest BCUT2D eigenvalue weighted by Crippen LogP contribution is -2.30. The van der Waals surface area contributed by atoms with Crippen LogP contribution in [0.5, 0.6) is 0 Å². The van der Waals surface area contributed by atoms with Gasteiger partial charge in [-0.2, -0.15) is 0 Å². The van der Waals surface area contributed by atoms with Gasteiger partial charge in [0.15, 0.2) is 0 Å². The molecule has 1 aromatic rings. The number of benzene rings is 1. The van der Waals surface area contributed by atoms with Gasteiger partial charge in [0.2, 0.25) is 15.9 Å². The Bertz CT molecular complexity index is 877. The van der Waals surface area contributed by atoms with Crippen LogP contribution in [0.2, 0.25) is 0 Å². The minimum Gasteiger partial charge on any atom is -0.462 e. The Morgan fingerprint density at radius 3 is 1.89 bits per heavy atom. The number of hydrogen-bond donors (Lipinski definition) is 2. The van der Waals surface area contributed by atoms with Crippen LogP contribution in [0.3, 0.4) is 0 Å². The Morgan fingerprint density at radius 1 is 0.914 bits per heavy atom. The summed E-state index contributed by atoms with van der Waals surface area (Å²) in [6.07, 6.45) is 8.56. The Morgan fingerprint density at radius 2 is 1.46 bits per heavy atom. The Hall–Kier alpha value is -1.93. The summed E-state index contributed by atoms with van der Waals surface area (Å²) in [6, 6.07) is 5.76. The van der Waals surface area contributed by atoms with Crippen LogP contribution in [0, 0.1) is 10.8 Å². The van der Waals surface area contributed by atoms with Gasteiger partial charge in [-0.25, -0.2) is 13.6 Å². The van der Waals surface area contributed by atoms with Crippen molar-refractivity contribution in [3.8, 4) is 0 Å². The molecule has 0 aromatic heterocycles. The summed E-state index contributed by atoms with van der Waals surface area (Å²) in [5.74, 6) is -0.143. The molecular formula is C27H48N2O5S. The molecule has 1 aromatic carbocycles. The molecule has 202 valence electrons. The normalized spacial score (nSPS) is 12.8. The summed E-state index contributed by atoms with van der Waals surface area (Å²) in [5, 5.41) is 7.72. The topological polar surface area (TPSA) is 116 Å². The van der Waals surface area contributed by atoms with E-state index in [2.05, 4.69) is 19.2 Å². The number of carbonyl (C=O) groups is 2. The van der Waals surface area contributed by atoms with Crippen molar-refractivity contribution in [2.45, 2.75) is 118 Å². The third-order valence-electron chi connectivity index (χ3n) is 6.48. The summed E-state index contributed by atoms with van der Waals surface area (Å²) >= 11 is 0. The summed E-state index contributed by atoms with van der Waals surface area (Å²) in [7, 11) is -3.69. The van der Waals surface area contributed by atoms with Crippen LogP contribution in [0.1, 0.15) is 107 Å². The first-order valence-corrected chi connectivity index (χ1v) is 14.3. The van der Waals surface area contributed by atoms with Crippen LogP contribution in [-0.4, -0.2) is 26.4 Å². The van der Waals surface area contributed by atoms with Crippen LogP contribution in [0.15, 0.2) is 29.2 Å². The van der Waals surface area contributed by atoms with Crippen molar-refractivity contribution in [1.82, 2.24) is 0 Å². The molecule has 0 spiro atoms. The number of unbranched alkanes of at least 4 members (excludes halogenated alkanes) is 3. The first kappa shape index (κ1) is 33.1. The lowest BCUT2D eigenvalue weighted by atomic mass is 9.89. The molecule has 0 bridgehead atoms. The summed E-state index contributed by atoms with van der Waals surface area (Å²) in [5.41, 5.74) is -0.246. The Balaban J connectivity index is 0.000000662. The maximum atomic E-state index is 11.9. The van der Waals surface area contributed by atoms with Gasteiger partial charge in [0.1, 0.15) is 6.10 Å². The number of rotatable bonds is 13. The fourth-order valence-corrected chi connectivity index (χ4v) is 3.30. The first-order chi connectivity index (χ1) is 16.1. The second-order valence-corrected chi connectivity index (χ2v) is 11.8. The van der Waals surface area contributed by atoms with Crippen LogP contribution in [0.4, 0.5) is 5.69 Å². The number of nitrogens with one attached hydrogen (secondary N) is 1. The van der Waals surface area contributed by atoms with Crippen molar-refractivity contribution in [2.75, 3.05) is 5.32 Å². The van der Waals surface area contributed by atoms with Crippen LogP contribution < -0.4 is 10.5 Å². The number of anilines is 1. The number of amides is 1. The molecule has 0 radical (unpaired) electrons. The van der Waals surface area contributed by atoms with E-state index < -0.39 is 15.4 Å². The molecule has 0 aliphatic carbocycles. The molecule has 35 heavy (non-hydrogen) atoms. The van der Waals surface area contributed by atoms with E-state index in [1.54, 1.807) is 0 Å². The van der Waals surface area contributed by atoms with E-state index in [-0.39, 0.29) is 28.3 Å². The van der Waals surface area contributed by atoms with Gasteiger partial charge < -0.3 is 10.1 Å². The van der Waals surface area contributed by atoms with Crippen LogP contribution in [-0.2, 0) is 24.3 Å². The van der Waals surface area contributed by atoms with E-state index in [1.165, 1.54) is 49.9 Å². The second kappa shape index (κ2) is 15.2. The largest absolute Gasteiger partial charge is 0.462 e. The molecule has 1 amide bonds. The highest BCUT2D eigenvalue weighted by atomic mass is 32.2. The summed E-state index contributed by atoms with van der Waals surface area (Å²) in [6.45, 7) is 15.9. The molecule has 3 N–H and O–H groups in total. The maximum absolute atomic E-state index is 11.9. The maximum Gasteiger partial charge on any atom is 0.311 e. The van der Waals surface area contributed by atoms with E-state index in [0.29, 0.717) is 12.1 Å². The molecule has 1 unspecified atom stereocenters. The van der Waals surface area contributed by atoms with Gasteiger partial charge in [-0.05, 0) is 70.2 Å². The van der Waals surface area contributed by atoms with Crippen molar-refractivity contribution in [3.05, 3.63) is 24.3 Å². The fraction of sp³-hybridized carbons (Fsp3) is 0.704. The quantitative estimate of drug-likeness (QED) is 0.234. The van der Waals surface area contributed by atoms with E-state index in [0.717, 1.165) is 19.3 Å². The van der Waals surface area contributed by atoms with Crippen LogP contribution >= 0.6 is 0 Å². The molecule has 0 aliphatic heterocycles. The SMILES string of the molecule is CCC(C)(C)C(=O)Nc1ccc(S(N)(=O)=O)cc1.CCCCCCC(CC)OC(=O)C(C)(C)CC. The van der Waals surface area contributed by atoms with Crippen molar-refractivity contribution in [3.63, 3.8) is 0 Å². The van der Waals surface area contributed by atoms with Crippen molar-refractivity contribution in [2.24, 2.45) is 16.0 Å². The highest BCUT2D eigenvalue weighted by Gasteiger charge is 2.29. The number of nitrogens with two attached hydrogens (primary N) is 1. The standard InChI is InChI=1S/C15H30O2.C12H18N2O3S/c1-6-9-10-11-12-13(7-2)17-14(16)15(4,5)8-3;1-4-12(2,3)11(15)14-9-5-7-10(8-6-9)18(13,16)17/h13H,6-12H2,1-5H3;5-8H,4H2,1-3H3,(H,14,15)(H2,13,16,17). The molecule has 0 aliphatic rings. The van der Waals surface area contributed by atoms with Crippen molar-refractivity contribution < 1.29 is 22.7 Å². The predicted molar refractivity (Wildman–Crippen MR) is 144 cm³/mol. The van der Waals surface area contributed by atoms with Gasteiger partial charge >= 0.3 is 5.97 Å². The lowest BCUT2D eigenvalue weighted by Gasteiger charge is -2.24. The molecule has 0 saturated heterocycles. The third-order valence-corrected chi connectivity index (χ3v) is 7.41. The van der Waals surface area contributed by atoms with E-state index in [9.17, 15) is 18.0 Å². The average molecular weight is 513 g/mol. The summed E-state index contributed by atoms with van der Waals surface area (Å²) < 4.78 is 27.7. The first-order valence-electron chi connectivity index (χ1n) is 12.8. The molecular weight excluding hydrogens is 464 g/mol. The second-order valence-electron chi connectivity index (χ2n) is 10.3. The lowest BCUT2D eigenvalue weighted by molar-refractivity contribution is -0.160. The number of carbonyl (C=O) groups excluding carboxylic acids is 2. The minimum absolute atomic E-state index is 0.0234. The molecule has 8 heteroatoms. The average Bonchev–Trinajstić information content (AvgIpc) is 2.80. The number of sulfonamides is 1. The highest BCUT2D eigenvalue weighted by molar-refractivity contribution is 7.89. The van der Waals surface area contributed by atoms with Gasteiger partial charge in [-0.1, -0.05) is 60.8 Å². The highest BCUT2D eigenvalue weighted by Crippen LogP contribution is 2.24. The monoisotopic (exact) mass is 512 g/mol. The van der Waals surface area contributed by atoms with Gasteiger partial charge in [0.05, 0.1) is 10.3 Å². The predicted octanol–water partition coefficient (Wildman–Crippen LogP) is 6.42. The van der Waals surface area contributed by atoms with E-state index >= 15 is 0 Å². The van der Waals surface area contributed by atoms with E-state index in [1.807, 2.05) is 41.5 Å². The smallest absolute Gasteiger partial charge is 0.311 e. The molecule has 1 atom stereocenters. The zero-order chi connectivity index (χ0) is 27.3. The van der Waals surface area contributed by atoms with Crippen molar-refractivity contribution in [1.29, 1.82) is 0 Å². The van der Waals surface area contributed by atoms with Gasteiger partial charge in [0, 0.05) is 11.1 Å². The minimum atomic E-state index is -3.69. The summed E-state index contributed by atoms with van der Waals surface area (Å²) in [4.78, 5) is 23.8. The molecule has 0 saturated carbocycles. The molecule has 0 fully saturated rings. The van der Waals surface area contributed by atoms with Gasteiger partial charge in [-0.3, -0.25) is 9.59 Å². The third kappa shape index (κ3) is 12.5. The number of primary sulfonamides is 1. The number of hydrogen-bond acceptors (Lipinski definition) is 5. The van der Waals surface area contributed by atoms with E-state index in [4.69, 9.17) is 9.88 Å². The molecule has 1 rings (SSSR count). The molecule has 0 heterocycles. The zero-order valence-corrected chi connectivity index (χ0v) is 23.9. The zero-order valence-electron chi connectivity index (χ0n) is 23.1. The molecule has 7 nitrogen and oxygen atoms in total. The fourth-order valence-electron chi connectivity index (χ4n) is 2.79. The van der Waals surface area contributed by atoms with Gasteiger partial charge in [0.25, 0.3) is 0 Å². The van der Waals surface area contributed by atoms with Gasteiger partial charge in [-0.15, -0.1) is 0 Å². The number of esters is 1. The van der Waals surface area contributed by atoms with Crippen LogP contribution in [0.25, 0.3) is 0 Å². The Labute approximate surface area is 213 Å². The van der Waals surface area contributed by atoms with Crippen molar-refractivity contribution >= 4 is 27.6 Å².